The Balaban J connectivity index is 2.89. The molecular weight excluding hydrogens is 248 g/mol. The zero-order valence-electron chi connectivity index (χ0n) is 10.8. The largest absolute Gasteiger partial charge is 0.496 e. The fourth-order valence-electron chi connectivity index (χ4n) is 1.64. The molecule has 0 bridgehead atoms. The zero-order chi connectivity index (χ0) is 13.7. The lowest BCUT2D eigenvalue weighted by Gasteiger charge is -2.25. The minimum atomic E-state index is -0.101. The van der Waals surface area contributed by atoms with Gasteiger partial charge in [0, 0.05) is 19.5 Å². The van der Waals surface area contributed by atoms with Gasteiger partial charge < -0.3 is 15.4 Å². The summed E-state index contributed by atoms with van der Waals surface area (Å²) in [6.45, 7) is 1.91. The second-order valence-corrected chi connectivity index (χ2v) is 4.66. The Morgan fingerprint density at radius 3 is 2.67 bits per heavy atom. The Labute approximate surface area is 113 Å². The van der Waals surface area contributed by atoms with Crippen LogP contribution in [-0.2, 0) is 0 Å². The lowest BCUT2D eigenvalue weighted by atomic mass is 10.1. The van der Waals surface area contributed by atoms with Crippen molar-refractivity contribution in [3.05, 3.63) is 29.8 Å². The van der Waals surface area contributed by atoms with Crippen molar-refractivity contribution in [1.29, 1.82) is 0 Å². The fourth-order valence-corrected chi connectivity index (χ4v) is 1.88. The average Bonchev–Trinajstić information content (AvgIpc) is 2.36. The lowest BCUT2D eigenvalue weighted by Crippen LogP contribution is -2.37. The number of benzene rings is 1. The van der Waals surface area contributed by atoms with E-state index in [0.717, 1.165) is 0 Å². The number of nitrogens with zero attached hydrogens (tertiary/aromatic N) is 1. The highest BCUT2D eigenvalue weighted by Gasteiger charge is 2.20. The highest BCUT2D eigenvalue weighted by Crippen LogP contribution is 2.20. The first-order chi connectivity index (χ1) is 8.47. The van der Waals surface area contributed by atoms with Gasteiger partial charge in [-0.3, -0.25) is 4.79 Å². The zero-order valence-corrected chi connectivity index (χ0v) is 11.7. The SMILES string of the molecule is COc1ccccc1C(=O)N(C)C(C)CC(N)=S. The summed E-state index contributed by atoms with van der Waals surface area (Å²) in [4.78, 5) is 14.3. The molecular formula is C13H18N2O2S. The van der Waals surface area contributed by atoms with Crippen molar-refractivity contribution in [1.82, 2.24) is 4.90 Å². The number of thiocarbonyl (C=S) groups is 1. The molecule has 1 aromatic rings. The van der Waals surface area contributed by atoms with Crippen molar-refractivity contribution in [3.8, 4) is 5.75 Å². The second-order valence-electron chi connectivity index (χ2n) is 4.14. The molecule has 1 rings (SSSR count). The Bertz CT molecular complexity index is 448. The van der Waals surface area contributed by atoms with E-state index in [0.29, 0.717) is 22.7 Å². The van der Waals surface area contributed by atoms with Crippen LogP contribution in [-0.4, -0.2) is 36.0 Å². The van der Waals surface area contributed by atoms with E-state index >= 15 is 0 Å². The highest BCUT2D eigenvalue weighted by molar-refractivity contribution is 7.80. The molecule has 1 atom stereocenters. The van der Waals surface area contributed by atoms with E-state index in [1.807, 2.05) is 19.1 Å². The molecule has 0 saturated carbocycles. The number of rotatable bonds is 5. The van der Waals surface area contributed by atoms with Gasteiger partial charge in [-0.05, 0) is 19.1 Å². The molecule has 2 N–H and O–H groups in total. The van der Waals surface area contributed by atoms with E-state index in [1.165, 1.54) is 0 Å². The van der Waals surface area contributed by atoms with Crippen LogP contribution in [0.3, 0.4) is 0 Å². The number of carbonyl (C=O) groups excluding carboxylic acids is 1. The maximum atomic E-state index is 12.3. The van der Waals surface area contributed by atoms with E-state index in [2.05, 4.69) is 0 Å². The molecule has 0 aliphatic carbocycles. The van der Waals surface area contributed by atoms with Gasteiger partial charge in [0.25, 0.3) is 5.91 Å². The van der Waals surface area contributed by atoms with Crippen LogP contribution < -0.4 is 10.5 Å². The van der Waals surface area contributed by atoms with Crippen LogP contribution in [0.4, 0.5) is 0 Å². The van der Waals surface area contributed by atoms with Gasteiger partial charge in [0.05, 0.1) is 17.7 Å². The van der Waals surface area contributed by atoms with Gasteiger partial charge in [-0.1, -0.05) is 24.4 Å². The summed E-state index contributed by atoms with van der Waals surface area (Å²) in [6.07, 6.45) is 0.507. The van der Waals surface area contributed by atoms with Crippen LogP contribution in [0.15, 0.2) is 24.3 Å². The predicted octanol–water partition coefficient (Wildman–Crippen LogP) is 1.83. The van der Waals surface area contributed by atoms with E-state index in [4.69, 9.17) is 22.7 Å². The Kier molecular flexibility index (Phi) is 5.09. The summed E-state index contributed by atoms with van der Waals surface area (Å²) in [6, 6.07) is 7.10. The maximum absolute atomic E-state index is 12.3. The molecule has 0 aliphatic rings. The first-order valence-electron chi connectivity index (χ1n) is 5.65. The molecule has 1 unspecified atom stereocenters. The van der Waals surface area contributed by atoms with Crippen LogP contribution in [0.5, 0.6) is 5.75 Å². The smallest absolute Gasteiger partial charge is 0.257 e. The van der Waals surface area contributed by atoms with Gasteiger partial charge >= 0.3 is 0 Å². The average molecular weight is 266 g/mol. The summed E-state index contributed by atoms with van der Waals surface area (Å²) in [5.74, 6) is 0.466. The quantitative estimate of drug-likeness (QED) is 0.826. The maximum Gasteiger partial charge on any atom is 0.257 e. The van der Waals surface area contributed by atoms with Gasteiger partial charge in [0.15, 0.2) is 0 Å². The molecule has 0 spiro atoms. The van der Waals surface area contributed by atoms with Gasteiger partial charge in [0.2, 0.25) is 0 Å². The van der Waals surface area contributed by atoms with Crippen molar-refractivity contribution in [2.45, 2.75) is 19.4 Å². The van der Waals surface area contributed by atoms with Crippen molar-refractivity contribution in [3.63, 3.8) is 0 Å². The van der Waals surface area contributed by atoms with Crippen molar-refractivity contribution < 1.29 is 9.53 Å². The van der Waals surface area contributed by atoms with E-state index in [-0.39, 0.29) is 11.9 Å². The number of ether oxygens (including phenoxy) is 1. The van der Waals surface area contributed by atoms with Crippen LogP contribution in [0.2, 0.25) is 0 Å². The topological polar surface area (TPSA) is 55.6 Å². The number of hydrogen-bond acceptors (Lipinski definition) is 3. The molecule has 0 radical (unpaired) electrons. The van der Waals surface area contributed by atoms with Crippen LogP contribution in [0.1, 0.15) is 23.7 Å². The number of carbonyl (C=O) groups is 1. The van der Waals surface area contributed by atoms with Gasteiger partial charge in [0.1, 0.15) is 5.75 Å². The number of nitrogens with two attached hydrogens (primary N) is 1. The summed E-state index contributed by atoms with van der Waals surface area (Å²) < 4.78 is 5.18. The minimum absolute atomic E-state index is 0.0417. The molecule has 5 heteroatoms. The normalized spacial score (nSPS) is 11.7. The molecule has 4 nitrogen and oxygen atoms in total. The third-order valence-corrected chi connectivity index (χ3v) is 2.98. The molecule has 1 amide bonds. The Morgan fingerprint density at radius 1 is 1.50 bits per heavy atom. The van der Waals surface area contributed by atoms with Gasteiger partial charge in [-0.15, -0.1) is 0 Å². The molecule has 0 fully saturated rings. The van der Waals surface area contributed by atoms with E-state index in [1.54, 1.807) is 31.2 Å². The van der Waals surface area contributed by atoms with E-state index in [9.17, 15) is 4.79 Å². The fraction of sp³-hybridized carbons (Fsp3) is 0.385. The molecule has 98 valence electrons. The Hall–Kier alpha value is -1.62. The lowest BCUT2D eigenvalue weighted by molar-refractivity contribution is 0.0744. The molecule has 0 heterocycles. The first kappa shape index (κ1) is 14.4. The minimum Gasteiger partial charge on any atom is -0.496 e. The summed E-state index contributed by atoms with van der Waals surface area (Å²) in [7, 11) is 3.28. The number of hydrogen-bond donors (Lipinski definition) is 1. The molecule has 0 saturated heterocycles. The number of methoxy groups -OCH3 is 1. The molecule has 18 heavy (non-hydrogen) atoms. The van der Waals surface area contributed by atoms with Crippen molar-refractivity contribution >= 4 is 23.1 Å². The molecule has 1 aromatic carbocycles. The third-order valence-electron chi connectivity index (χ3n) is 2.82. The van der Waals surface area contributed by atoms with E-state index < -0.39 is 0 Å². The number of amides is 1. The van der Waals surface area contributed by atoms with Crippen LogP contribution in [0, 0.1) is 0 Å². The summed E-state index contributed by atoms with van der Waals surface area (Å²) in [5, 5.41) is 0. The predicted molar refractivity (Wildman–Crippen MR) is 76.0 cm³/mol. The third kappa shape index (κ3) is 3.43. The summed E-state index contributed by atoms with van der Waals surface area (Å²) >= 11 is 4.86. The van der Waals surface area contributed by atoms with Gasteiger partial charge in [-0.2, -0.15) is 0 Å². The monoisotopic (exact) mass is 266 g/mol. The standard InChI is InChI=1S/C13H18N2O2S/c1-9(8-12(14)18)15(2)13(16)10-6-4-5-7-11(10)17-3/h4-7,9H,8H2,1-3H3,(H2,14,18). The second kappa shape index (κ2) is 6.35. The summed E-state index contributed by atoms with van der Waals surface area (Å²) in [5.41, 5.74) is 6.03. The first-order valence-corrected chi connectivity index (χ1v) is 6.06. The van der Waals surface area contributed by atoms with Crippen LogP contribution in [0.25, 0.3) is 0 Å². The molecule has 0 aliphatic heterocycles. The van der Waals surface area contributed by atoms with Crippen molar-refractivity contribution in [2.75, 3.05) is 14.2 Å². The Morgan fingerprint density at radius 2 is 2.11 bits per heavy atom. The van der Waals surface area contributed by atoms with Crippen LogP contribution >= 0.6 is 12.2 Å². The molecule has 0 aromatic heterocycles. The van der Waals surface area contributed by atoms with Gasteiger partial charge in [-0.25, -0.2) is 0 Å². The number of para-hydroxylation sites is 1. The highest BCUT2D eigenvalue weighted by atomic mass is 32.1. The van der Waals surface area contributed by atoms with Crippen molar-refractivity contribution in [2.24, 2.45) is 5.73 Å².